The van der Waals surface area contributed by atoms with Crippen LogP contribution >= 0.6 is 0 Å². The molecule has 0 aliphatic heterocycles. The van der Waals surface area contributed by atoms with Gasteiger partial charge in [-0.05, 0) is 96.9 Å². The maximum absolute atomic E-state index is 11.6. The number of hydrogen-bond donors (Lipinski definition) is 3. The van der Waals surface area contributed by atoms with Gasteiger partial charge in [0.05, 0.1) is 12.7 Å². The molecule has 0 amide bonds. The van der Waals surface area contributed by atoms with Gasteiger partial charge < -0.3 is 15.3 Å². The summed E-state index contributed by atoms with van der Waals surface area (Å²) in [5, 5.41) is 35.6. The minimum absolute atomic E-state index is 0.0776. The highest BCUT2D eigenvalue weighted by atomic mass is 16.3. The first kappa shape index (κ1) is 24.4. The molecule has 4 rings (SSSR count). The molecule has 0 heterocycles. The van der Waals surface area contributed by atoms with Crippen molar-refractivity contribution in [3.63, 3.8) is 0 Å². The highest BCUT2D eigenvalue weighted by molar-refractivity contribution is 5.40. The Kier molecular flexibility index (Phi) is 7.57. The van der Waals surface area contributed by atoms with Crippen LogP contribution in [0.5, 0.6) is 5.75 Å². The van der Waals surface area contributed by atoms with Gasteiger partial charge in [-0.15, -0.1) is 0 Å². The molecule has 0 saturated heterocycles. The van der Waals surface area contributed by atoms with E-state index in [2.05, 4.69) is 23.0 Å². The lowest BCUT2D eigenvalue weighted by atomic mass is 9.55. The lowest BCUT2D eigenvalue weighted by molar-refractivity contribution is -0.0715. The molecular formula is C27H41N3O3. The summed E-state index contributed by atoms with van der Waals surface area (Å²) in [5.74, 6) is 1.87. The Balaban J connectivity index is 1.38. The lowest BCUT2D eigenvalue weighted by Crippen LogP contribution is -2.46. The molecule has 0 bridgehead atoms. The maximum Gasteiger partial charge on any atom is 0.115 e. The van der Waals surface area contributed by atoms with Crippen molar-refractivity contribution in [3.05, 3.63) is 39.8 Å². The molecule has 3 aliphatic carbocycles. The molecule has 6 nitrogen and oxygen atoms in total. The number of phenolic OH excluding ortho intramolecular Hbond substituents is 1. The van der Waals surface area contributed by atoms with Crippen molar-refractivity contribution in [2.75, 3.05) is 13.2 Å². The Bertz CT molecular complexity index is 870. The van der Waals surface area contributed by atoms with Crippen LogP contribution in [0.25, 0.3) is 10.4 Å². The number of aromatic hydroxyl groups is 1. The van der Waals surface area contributed by atoms with Gasteiger partial charge >= 0.3 is 0 Å². The Labute approximate surface area is 198 Å². The van der Waals surface area contributed by atoms with Crippen LogP contribution < -0.4 is 0 Å². The van der Waals surface area contributed by atoms with Crippen molar-refractivity contribution in [1.29, 1.82) is 0 Å². The van der Waals surface area contributed by atoms with E-state index in [1.807, 2.05) is 12.1 Å². The predicted molar refractivity (Wildman–Crippen MR) is 130 cm³/mol. The first-order valence-electron chi connectivity index (χ1n) is 13.1. The number of nitrogens with zero attached hydrogens (tertiary/aromatic N) is 3. The monoisotopic (exact) mass is 455 g/mol. The van der Waals surface area contributed by atoms with Gasteiger partial charge in [0.25, 0.3) is 0 Å². The van der Waals surface area contributed by atoms with Crippen LogP contribution in [-0.2, 0) is 6.42 Å². The van der Waals surface area contributed by atoms with Gasteiger partial charge in [0.2, 0.25) is 0 Å². The number of aliphatic hydroxyl groups is 2. The second-order valence-electron chi connectivity index (χ2n) is 11.3. The molecule has 3 N–H and O–H groups in total. The molecule has 1 aromatic carbocycles. The van der Waals surface area contributed by atoms with Crippen molar-refractivity contribution >= 4 is 0 Å². The number of phenols is 1. The summed E-state index contributed by atoms with van der Waals surface area (Å²) in [6.45, 7) is 2.95. The second-order valence-corrected chi connectivity index (χ2v) is 11.3. The fourth-order valence-electron chi connectivity index (χ4n) is 7.77. The summed E-state index contributed by atoms with van der Waals surface area (Å²) in [4.78, 5) is 2.79. The summed E-state index contributed by atoms with van der Waals surface area (Å²) in [7, 11) is 0. The van der Waals surface area contributed by atoms with E-state index < -0.39 is 6.10 Å². The quantitative estimate of drug-likeness (QED) is 0.168. The number of benzene rings is 1. The molecule has 2 saturated carbocycles. The van der Waals surface area contributed by atoms with E-state index in [4.69, 9.17) is 5.53 Å². The Morgan fingerprint density at radius 1 is 1.12 bits per heavy atom. The average molecular weight is 456 g/mol. The van der Waals surface area contributed by atoms with E-state index in [0.29, 0.717) is 30.0 Å². The summed E-state index contributed by atoms with van der Waals surface area (Å²) < 4.78 is 0. The molecule has 0 aromatic heterocycles. The van der Waals surface area contributed by atoms with Crippen LogP contribution in [0.4, 0.5) is 0 Å². The van der Waals surface area contributed by atoms with Crippen LogP contribution in [-0.4, -0.2) is 34.6 Å². The van der Waals surface area contributed by atoms with Crippen molar-refractivity contribution in [3.8, 4) is 5.75 Å². The van der Waals surface area contributed by atoms with E-state index in [9.17, 15) is 15.3 Å². The number of aryl methyl sites for hydroxylation is 1. The van der Waals surface area contributed by atoms with Crippen molar-refractivity contribution in [2.45, 2.75) is 96.0 Å². The Morgan fingerprint density at radius 2 is 1.88 bits per heavy atom. The maximum atomic E-state index is 11.6. The smallest absolute Gasteiger partial charge is 0.115 e. The largest absolute Gasteiger partial charge is 0.508 e. The molecule has 3 aliphatic rings. The third-order valence-electron chi connectivity index (χ3n) is 9.54. The summed E-state index contributed by atoms with van der Waals surface area (Å²) in [5.41, 5.74) is 10.6. The van der Waals surface area contributed by atoms with Gasteiger partial charge in [-0.3, -0.25) is 0 Å². The Hall–Kier alpha value is -1.75. The molecule has 6 heteroatoms. The van der Waals surface area contributed by atoms with Crippen LogP contribution in [0, 0.1) is 22.7 Å². The molecule has 0 spiro atoms. The van der Waals surface area contributed by atoms with E-state index in [1.165, 1.54) is 11.1 Å². The van der Waals surface area contributed by atoms with Crippen molar-refractivity contribution in [1.82, 2.24) is 0 Å². The second kappa shape index (κ2) is 10.2. The first-order chi connectivity index (χ1) is 15.9. The van der Waals surface area contributed by atoms with Gasteiger partial charge in [-0.25, -0.2) is 0 Å². The summed E-state index contributed by atoms with van der Waals surface area (Å²) >= 11 is 0. The molecular weight excluding hydrogens is 414 g/mol. The van der Waals surface area contributed by atoms with E-state index in [-0.39, 0.29) is 17.4 Å². The summed E-state index contributed by atoms with van der Waals surface area (Å²) in [6.07, 6.45) is 12.1. The van der Waals surface area contributed by atoms with Crippen molar-refractivity contribution in [2.24, 2.45) is 27.8 Å². The van der Waals surface area contributed by atoms with Crippen molar-refractivity contribution < 1.29 is 15.3 Å². The standard InChI is InChI=1S/C27H41N3O3/c1-26-14-12-22-21-11-9-20(32)16-19(21)8-10-23(22)24(26)17-27(18-31,25(26)33)13-6-4-2-3-5-7-15-29-30-28/h9,11,16,22-25,31-33H,2-8,10,12-15,17-18H2,1H3/t22-,23-,24+,25-,26+,27-/m1/s1. The fraction of sp³-hybridized carbons (Fsp3) is 0.778. The third kappa shape index (κ3) is 4.62. The zero-order chi connectivity index (χ0) is 23.5. The van der Waals surface area contributed by atoms with Gasteiger partial charge in [0.15, 0.2) is 0 Å². The zero-order valence-electron chi connectivity index (χ0n) is 20.1. The van der Waals surface area contributed by atoms with Crippen LogP contribution in [0.1, 0.15) is 94.6 Å². The molecule has 33 heavy (non-hydrogen) atoms. The number of fused-ring (bicyclic) bond motifs is 5. The topological polar surface area (TPSA) is 109 Å². The van der Waals surface area contributed by atoms with Crippen LogP contribution in [0.2, 0.25) is 0 Å². The highest BCUT2D eigenvalue weighted by Crippen LogP contribution is 2.66. The van der Waals surface area contributed by atoms with Gasteiger partial charge in [0.1, 0.15) is 5.75 Å². The normalized spacial score (nSPS) is 34.8. The van der Waals surface area contributed by atoms with E-state index in [0.717, 1.165) is 77.0 Å². The number of unbranched alkanes of at least 4 members (excludes halogenated alkanes) is 5. The molecule has 0 unspecified atom stereocenters. The van der Waals surface area contributed by atoms with Gasteiger partial charge in [-0.2, -0.15) is 0 Å². The fourth-order valence-corrected chi connectivity index (χ4v) is 7.77. The van der Waals surface area contributed by atoms with Gasteiger partial charge in [0, 0.05) is 16.9 Å². The number of rotatable bonds is 10. The SMILES string of the molecule is C[C@]12CC[C@@H]3c4ccc(O)cc4CC[C@H]3[C@@H]1C[C@@](CO)(CCCCCCCCN=[N+]=[N-])[C@@H]2O. The molecule has 182 valence electrons. The average Bonchev–Trinajstić information content (AvgIpc) is 3.05. The molecule has 2 fully saturated rings. The minimum Gasteiger partial charge on any atom is -0.508 e. The third-order valence-corrected chi connectivity index (χ3v) is 9.54. The van der Waals surface area contributed by atoms with Crippen LogP contribution in [0.15, 0.2) is 23.3 Å². The first-order valence-corrected chi connectivity index (χ1v) is 13.1. The van der Waals surface area contributed by atoms with E-state index in [1.54, 1.807) is 0 Å². The van der Waals surface area contributed by atoms with Gasteiger partial charge in [-0.1, -0.05) is 50.2 Å². The van der Waals surface area contributed by atoms with E-state index >= 15 is 0 Å². The molecule has 1 aromatic rings. The number of hydrogen-bond acceptors (Lipinski definition) is 4. The Morgan fingerprint density at radius 3 is 2.64 bits per heavy atom. The molecule has 0 radical (unpaired) electrons. The lowest BCUT2D eigenvalue weighted by Gasteiger charge is -2.50. The molecule has 6 atom stereocenters. The van der Waals surface area contributed by atoms with Crippen LogP contribution in [0.3, 0.4) is 0 Å². The predicted octanol–water partition coefficient (Wildman–Crippen LogP) is 6.24. The highest BCUT2D eigenvalue weighted by Gasteiger charge is 2.63. The zero-order valence-corrected chi connectivity index (χ0v) is 20.1. The minimum atomic E-state index is -0.439. The summed E-state index contributed by atoms with van der Waals surface area (Å²) in [6, 6.07) is 5.90. The number of azide groups is 1. The number of aliphatic hydroxyl groups excluding tert-OH is 2.